The number of nitrogens with zero attached hydrogens (tertiary/aromatic N) is 2. The van der Waals surface area contributed by atoms with Crippen LogP contribution in [0.5, 0.6) is 5.75 Å². The Morgan fingerprint density at radius 1 is 1.24 bits per heavy atom. The standard InChI is InChI=1S/C25H22N4O2S2/c1-13-3-8-16-18(12-26)25(32-20(16)11-13)29-23(30)22-21(27)17-9-10-19(28-24(17)33-22)14-4-6-15(31-2)7-5-14/h4-7,9-10,13H,3,8,11,27H2,1-2H3,(H,29,30). The van der Waals surface area contributed by atoms with E-state index in [1.165, 1.54) is 27.6 Å². The number of aromatic nitrogens is 1. The number of fused-ring (bicyclic) bond motifs is 2. The molecule has 3 N–H and O–H groups in total. The molecule has 5 rings (SSSR count). The van der Waals surface area contributed by atoms with Gasteiger partial charge < -0.3 is 15.8 Å². The highest BCUT2D eigenvalue weighted by Crippen LogP contribution is 2.40. The van der Waals surface area contributed by atoms with Gasteiger partial charge in [0.25, 0.3) is 5.91 Å². The number of hydrogen-bond donors (Lipinski definition) is 2. The molecule has 33 heavy (non-hydrogen) atoms. The minimum atomic E-state index is -0.301. The molecule has 0 aliphatic heterocycles. The van der Waals surface area contributed by atoms with E-state index in [4.69, 9.17) is 15.5 Å². The van der Waals surface area contributed by atoms with Crippen molar-refractivity contribution >= 4 is 49.5 Å². The molecular weight excluding hydrogens is 452 g/mol. The molecule has 3 heterocycles. The molecule has 0 saturated heterocycles. The number of methoxy groups -OCH3 is 1. The Kier molecular flexibility index (Phi) is 5.52. The normalized spacial score (nSPS) is 15.1. The van der Waals surface area contributed by atoms with E-state index in [0.717, 1.165) is 47.2 Å². The number of nitrogens with two attached hydrogens (primary N) is 1. The molecule has 1 aliphatic carbocycles. The zero-order chi connectivity index (χ0) is 23.1. The first-order valence-electron chi connectivity index (χ1n) is 10.7. The summed E-state index contributed by atoms with van der Waals surface area (Å²) in [4.78, 5) is 20.2. The number of rotatable bonds is 4. The summed E-state index contributed by atoms with van der Waals surface area (Å²) in [6.07, 6.45) is 2.90. The number of nitrogens with one attached hydrogen (secondary N) is 1. The van der Waals surface area contributed by atoms with Crippen LogP contribution in [-0.4, -0.2) is 18.0 Å². The second-order valence-electron chi connectivity index (χ2n) is 8.24. The van der Waals surface area contributed by atoms with Crippen molar-refractivity contribution in [1.82, 2.24) is 4.98 Å². The van der Waals surface area contributed by atoms with Crippen LogP contribution >= 0.6 is 22.7 Å². The molecule has 0 fully saturated rings. The SMILES string of the molecule is COc1ccc(-c2ccc3c(N)c(C(=O)Nc4sc5c(c4C#N)CCC(C)C5)sc3n2)cc1. The summed E-state index contributed by atoms with van der Waals surface area (Å²) in [7, 11) is 1.63. The Labute approximate surface area is 199 Å². The third kappa shape index (κ3) is 3.84. The molecule has 166 valence electrons. The molecule has 0 spiro atoms. The number of ether oxygens (including phenoxy) is 1. The Morgan fingerprint density at radius 3 is 2.76 bits per heavy atom. The summed E-state index contributed by atoms with van der Waals surface area (Å²) >= 11 is 2.78. The van der Waals surface area contributed by atoms with Crippen molar-refractivity contribution in [3.63, 3.8) is 0 Å². The number of nitriles is 1. The molecule has 0 radical (unpaired) electrons. The van der Waals surface area contributed by atoms with Gasteiger partial charge in [0.1, 0.15) is 26.5 Å². The van der Waals surface area contributed by atoms with E-state index in [9.17, 15) is 10.1 Å². The molecule has 6 nitrogen and oxygen atoms in total. The number of hydrogen-bond acceptors (Lipinski definition) is 7. The quantitative estimate of drug-likeness (QED) is 0.385. The number of carbonyl (C=O) groups excluding carboxylic acids is 1. The van der Waals surface area contributed by atoms with Crippen molar-refractivity contribution in [2.45, 2.75) is 26.2 Å². The van der Waals surface area contributed by atoms with Gasteiger partial charge in [-0.2, -0.15) is 5.26 Å². The summed E-state index contributed by atoms with van der Waals surface area (Å²) in [5.41, 5.74) is 10.2. The van der Waals surface area contributed by atoms with Crippen molar-refractivity contribution in [3.05, 3.63) is 57.3 Å². The molecule has 8 heteroatoms. The van der Waals surface area contributed by atoms with Crippen LogP contribution in [0.3, 0.4) is 0 Å². The summed E-state index contributed by atoms with van der Waals surface area (Å²) in [6.45, 7) is 2.22. The van der Waals surface area contributed by atoms with Gasteiger partial charge in [-0.15, -0.1) is 22.7 Å². The van der Waals surface area contributed by atoms with E-state index in [1.54, 1.807) is 7.11 Å². The van der Waals surface area contributed by atoms with Gasteiger partial charge in [0, 0.05) is 15.8 Å². The minimum Gasteiger partial charge on any atom is -0.497 e. The van der Waals surface area contributed by atoms with Crippen molar-refractivity contribution in [2.75, 3.05) is 18.2 Å². The zero-order valence-electron chi connectivity index (χ0n) is 18.3. The maximum absolute atomic E-state index is 13.2. The highest BCUT2D eigenvalue weighted by Gasteiger charge is 2.26. The van der Waals surface area contributed by atoms with Gasteiger partial charge in [0.2, 0.25) is 0 Å². The average molecular weight is 475 g/mol. The molecule has 1 aliphatic rings. The lowest BCUT2D eigenvalue weighted by molar-refractivity contribution is 0.103. The first-order chi connectivity index (χ1) is 16.0. The Hall–Kier alpha value is -3.41. The molecule has 3 aromatic heterocycles. The minimum absolute atomic E-state index is 0.301. The molecule has 1 amide bonds. The fourth-order valence-corrected chi connectivity index (χ4v) is 6.55. The molecule has 0 saturated carbocycles. The summed E-state index contributed by atoms with van der Waals surface area (Å²) < 4.78 is 5.22. The van der Waals surface area contributed by atoms with E-state index in [2.05, 4.69) is 18.3 Å². The highest BCUT2D eigenvalue weighted by molar-refractivity contribution is 7.21. The van der Waals surface area contributed by atoms with Gasteiger partial charge in [-0.25, -0.2) is 4.98 Å². The molecular formula is C25H22N4O2S2. The third-order valence-electron chi connectivity index (χ3n) is 6.04. The lowest BCUT2D eigenvalue weighted by atomic mass is 9.89. The fourth-order valence-electron chi connectivity index (χ4n) is 4.21. The zero-order valence-corrected chi connectivity index (χ0v) is 19.9. The second kappa shape index (κ2) is 8.50. The summed E-state index contributed by atoms with van der Waals surface area (Å²) in [6, 6.07) is 13.8. The van der Waals surface area contributed by atoms with E-state index in [0.29, 0.717) is 31.9 Å². The lowest BCUT2D eigenvalue weighted by Gasteiger charge is -2.17. The molecule has 1 aromatic carbocycles. The molecule has 0 bridgehead atoms. The van der Waals surface area contributed by atoms with Crippen molar-refractivity contribution in [2.24, 2.45) is 5.92 Å². The number of benzene rings is 1. The number of nitrogen functional groups attached to an aromatic ring is 1. The predicted octanol–water partition coefficient (Wildman–Crippen LogP) is 5.86. The third-order valence-corrected chi connectivity index (χ3v) is 8.32. The van der Waals surface area contributed by atoms with Crippen LogP contribution in [-0.2, 0) is 12.8 Å². The van der Waals surface area contributed by atoms with E-state index < -0.39 is 0 Å². The highest BCUT2D eigenvalue weighted by atomic mass is 32.1. The van der Waals surface area contributed by atoms with Gasteiger partial charge in [-0.1, -0.05) is 6.92 Å². The fraction of sp³-hybridized carbons (Fsp3) is 0.240. The molecule has 4 aromatic rings. The van der Waals surface area contributed by atoms with E-state index >= 15 is 0 Å². The van der Waals surface area contributed by atoms with Gasteiger partial charge in [-0.3, -0.25) is 4.79 Å². The summed E-state index contributed by atoms with van der Waals surface area (Å²) in [5.74, 6) is 1.07. The second-order valence-corrected chi connectivity index (χ2v) is 10.3. The monoisotopic (exact) mass is 474 g/mol. The number of anilines is 2. The van der Waals surface area contributed by atoms with E-state index in [-0.39, 0.29) is 5.91 Å². The van der Waals surface area contributed by atoms with Crippen LogP contribution in [0.1, 0.15) is 39.0 Å². The van der Waals surface area contributed by atoms with Crippen molar-refractivity contribution < 1.29 is 9.53 Å². The number of pyridine rings is 1. The molecule has 1 unspecified atom stereocenters. The van der Waals surface area contributed by atoms with Crippen molar-refractivity contribution in [3.8, 4) is 23.1 Å². The maximum Gasteiger partial charge on any atom is 0.268 e. The van der Waals surface area contributed by atoms with Gasteiger partial charge >= 0.3 is 0 Å². The van der Waals surface area contributed by atoms with Gasteiger partial charge in [-0.05, 0) is 67.1 Å². The van der Waals surface area contributed by atoms with Crippen molar-refractivity contribution in [1.29, 1.82) is 5.26 Å². The van der Waals surface area contributed by atoms with Crippen LogP contribution in [0, 0.1) is 17.2 Å². The van der Waals surface area contributed by atoms with E-state index in [1.807, 2.05) is 36.4 Å². The number of carbonyl (C=O) groups is 1. The maximum atomic E-state index is 13.2. The Morgan fingerprint density at radius 2 is 2.03 bits per heavy atom. The van der Waals surface area contributed by atoms with Crippen LogP contribution < -0.4 is 15.8 Å². The first-order valence-corrected chi connectivity index (χ1v) is 12.3. The van der Waals surface area contributed by atoms with Crippen LogP contribution in [0.4, 0.5) is 10.7 Å². The lowest BCUT2D eigenvalue weighted by Crippen LogP contribution is -2.12. The predicted molar refractivity (Wildman–Crippen MR) is 134 cm³/mol. The Balaban J connectivity index is 1.46. The largest absolute Gasteiger partial charge is 0.497 e. The van der Waals surface area contributed by atoms with Crippen LogP contribution in [0.15, 0.2) is 36.4 Å². The molecule has 1 atom stereocenters. The van der Waals surface area contributed by atoms with Gasteiger partial charge in [0.15, 0.2) is 0 Å². The first kappa shape index (κ1) is 21.4. The van der Waals surface area contributed by atoms with Gasteiger partial charge in [0.05, 0.1) is 24.1 Å². The number of amides is 1. The summed E-state index contributed by atoms with van der Waals surface area (Å²) in [5, 5.41) is 14.0. The van der Waals surface area contributed by atoms with Crippen LogP contribution in [0.2, 0.25) is 0 Å². The topological polar surface area (TPSA) is 101 Å². The Bertz CT molecular complexity index is 1410. The smallest absolute Gasteiger partial charge is 0.268 e. The number of thiophene rings is 2. The average Bonchev–Trinajstić information content (AvgIpc) is 3.34. The van der Waals surface area contributed by atoms with Crippen LogP contribution in [0.25, 0.3) is 21.5 Å².